The molecule has 1 aromatic heterocycles. The summed E-state index contributed by atoms with van der Waals surface area (Å²) in [5, 5.41) is 3.67. The maximum Gasteiger partial charge on any atom is 0.0410 e. The van der Waals surface area contributed by atoms with E-state index in [1.54, 1.807) is 0 Å². The molecule has 4 heteroatoms. The van der Waals surface area contributed by atoms with Crippen molar-refractivity contribution in [3.63, 3.8) is 0 Å². The Labute approximate surface area is 149 Å². The van der Waals surface area contributed by atoms with E-state index in [1.807, 2.05) is 12.4 Å². The summed E-state index contributed by atoms with van der Waals surface area (Å²) < 4.78 is 2.39. The quantitative estimate of drug-likeness (QED) is 0.613. The lowest BCUT2D eigenvalue weighted by molar-refractivity contribution is 0.526. The standard InChI is InChI=1S/C17H20BrIN2/c1-3-7-21-16(9-13-8-14(18)11-20-10-13)15-6-4-5-12(2)17(15)19/h4-6,8,10-11,16,21H,3,7,9H2,1-2H3. The number of halogens is 2. The number of hydrogen-bond acceptors (Lipinski definition) is 2. The van der Waals surface area contributed by atoms with Gasteiger partial charge in [-0.2, -0.15) is 0 Å². The Morgan fingerprint density at radius 2 is 2.14 bits per heavy atom. The van der Waals surface area contributed by atoms with E-state index in [0.717, 1.165) is 23.9 Å². The second-order valence-corrected chi connectivity index (χ2v) is 7.19. The number of aromatic nitrogens is 1. The number of benzene rings is 1. The Morgan fingerprint density at radius 1 is 1.33 bits per heavy atom. The highest BCUT2D eigenvalue weighted by Crippen LogP contribution is 2.26. The van der Waals surface area contributed by atoms with E-state index in [1.165, 1.54) is 20.3 Å². The molecule has 112 valence electrons. The monoisotopic (exact) mass is 458 g/mol. The lowest BCUT2D eigenvalue weighted by Crippen LogP contribution is -2.25. The first-order chi connectivity index (χ1) is 10.1. The molecule has 2 rings (SSSR count). The topological polar surface area (TPSA) is 24.9 Å². The predicted molar refractivity (Wildman–Crippen MR) is 101 cm³/mol. The van der Waals surface area contributed by atoms with E-state index in [9.17, 15) is 0 Å². The Bertz CT molecular complexity index is 601. The minimum Gasteiger partial charge on any atom is -0.310 e. The van der Waals surface area contributed by atoms with E-state index in [4.69, 9.17) is 0 Å². The largest absolute Gasteiger partial charge is 0.310 e. The molecule has 1 unspecified atom stereocenters. The van der Waals surface area contributed by atoms with Crippen LogP contribution in [-0.4, -0.2) is 11.5 Å². The van der Waals surface area contributed by atoms with Crippen molar-refractivity contribution in [2.45, 2.75) is 32.7 Å². The molecule has 1 heterocycles. The van der Waals surface area contributed by atoms with Crippen molar-refractivity contribution in [3.05, 3.63) is 61.4 Å². The first-order valence-corrected chi connectivity index (χ1v) is 9.06. The predicted octanol–water partition coefficient (Wildman–Crippen LogP) is 5.04. The molecule has 0 aliphatic heterocycles. The van der Waals surface area contributed by atoms with E-state index >= 15 is 0 Å². The SMILES string of the molecule is CCCNC(Cc1cncc(Br)c1)c1cccc(C)c1I. The number of nitrogens with zero attached hydrogens (tertiary/aromatic N) is 1. The smallest absolute Gasteiger partial charge is 0.0410 e. The number of pyridine rings is 1. The van der Waals surface area contributed by atoms with Crippen LogP contribution in [0.4, 0.5) is 0 Å². The van der Waals surface area contributed by atoms with E-state index in [0.29, 0.717) is 6.04 Å². The van der Waals surface area contributed by atoms with Gasteiger partial charge in [0.25, 0.3) is 0 Å². The van der Waals surface area contributed by atoms with Gasteiger partial charge in [0, 0.05) is 26.5 Å². The molecular formula is C17H20BrIN2. The number of rotatable bonds is 6. The van der Waals surface area contributed by atoms with E-state index in [2.05, 4.69) is 86.9 Å². The molecule has 0 bridgehead atoms. The molecule has 1 N–H and O–H groups in total. The second-order valence-electron chi connectivity index (χ2n) is 5.20. The second kappa shape index (κ2) is 8.25. The molecule has 1 aromatic carbocycles. The molecule has 1 atom stereocenters. The van der Waals surface area contributed by atoms with Gasteiger partial charge in [-0.15, -0.1) is 0 Å². The van der Waals surface area contributed by atoms with Crippen molar-refractivity contribution >= 4 is 38.5 Å². The number of nitrogens with one attached hydrogen (secondary N) is 1. The summed E-state index contributed by atoms with van der Waals surface area (Å²) in [6.07, 6.45) is 5.87. The lowest BCUT2D eigenvalue weighted by Gasteiger charge is -2.21. The summed E-state index contributed by atoms with van der Waals surface area (Å²) in [5.74, 6) is 0. The van der Waals surface area contributed by atoms with Crippen molar-refractivity contribution in [1.29, 1.82) is 0 Å². The third kappa shape index (κ3) is 4.76. The Balaban J connectivity index is 2.27. The third-order valence-electron chi connectivity index (χ3n) is 3.44. The van der Waals surface area contributed by atoms with E-state index < -0.39 is 0 Å². The molecule has 2 aromatic rings. The van der Waals surface area contributed by atoms with Crippen LogP contribution >= 0.6 is 38.5 Å². The van der Waals surface area contributed by atoms with Crippen molar-refractivity contribution in [3.8, 4) is 0 Å². The minimum absolute atomic E-state index is 0.327. The maximum absolute atomic E-state index is 4.27. The molecule has 0 saturated heterocycles. The van der Waals surface area contributed by atoms with Gasteiger partial charge >= 0.3 is 0 Å². The Kier molecular flexibility index (Phi) is 6.64. The third-order valence-corrected chi connectivity index (χ3v) is 5.35. The first-order valence-electron chi connectivity index (χ1n) is 7.19. The van der Waals surface area contributed by atoms with Gasteiger partial charge in [-0.3, -0.25) is 4.98 Å². The van der Waals surface area contributed by atoms with Crippen molar-refractivity contribution in [1.82, 2.24) is 10.3 Å². The Hall–Kier alpha value is -0.460. The van der Waals surface area contributed by atoms with Gasteiger partial charge in [-0.25, -0.2) is 0 Å². The fourth-order valence-corrected chi connectivity index (χ4v) is 3.50. The summed E-state index contributed by atoms with van der Waals surface area (Å²) in [6, 6.07) is 9.02. The highest BCUT2D eigenvalue weighted by Gasteiger charge is 2.15. The van der Waals surface area contributed by atoms with Crippen LogP contribution in [0, 0.1) is 10.5 Å². The number of hydrogen-bond donors (Lipinski definition) is 1. The van der Waals surface area contributed by atoms with Gasteiger partial charge in [0.15, 0.2) is 0 Å². The molecule has 2 nitrogen and oxygen atoms in total. The van der Waals surface area contributed by atoms with Gasteiger partial charge in [-0.05, 0) is 87.6 Å². The normalized spacial score (nSPS) is 12.4. The fourth-order valence-electron chi connectivity index (χ4n) is 2.35. The van der Waals surface area contributed by atoms with Crippen LogP contribution < -0.4 is 5.32 Å². The van der Waals surface area contributed by atoms with Crippen LogP contribution in [0.5, 0.6) is 0 Å². The summed E-state index contributed by atoms with van der Waals surface area (Å²) in [4.78, 5) is 4.27. The zero-order chi connectivity index (χ0) is 15.2. The van der Waals surface area contributed by atoms with Crippen LogP contribution in [0.3, 0.4) is 0 Å². The Morgan fingerprint density at radius 3 is 2.86 bits per heavy atom. The van der Waals surface area contributed by atoms with Crippen molar-refractivity contribution in [2.75, 3.05) is 6.54 Å². The van der Waals surface area contributed by atoms with Gasteiger partial charge < -0.3 is 5.32 Å². The summed E-state index contributed by atoms with van der Waals surface area (Å²) in [6.45, 7) is 5.39. The van der Waals surface area contributed by atoms with Gasteiger partial charge in [0.1, 0.15) is 0 Å². The fraction of sp³-hybridized carbons (Fsp3) is 0.353. The summed E-state index contributed by atoms with van der Waals surface area (Å²) in [7, 11) is 0. The van der Waals surface area contributed by atoms with Crippen LogP contribution in [0.15, 0.2) is 41.1 Å². The van der Waals surface area contributed by atoms with Gasteiger partial charge in [-0.1, -0.05) is 25.1 Å². The average molecular weight is 459 g/mol. The van der Waals surface area contributed by atoms with Crippen LogP contribution in [0.1, 0.15) is 36.1 Å². The molecular weight excluding hydrogens is 439 g/mol. The average Bonchev–Trinajstić information content (AvgIpc) is 2.47. The van der Waals surface area contributed by atoms with Crippen molar-refractivity contribution < 1.29 is 0 Å². The molecule has 0 aliphatic rings. The molecule has 0 radical (unpaired) electrons. The zero-order valence-corrected chi connectivity index (χ0v) is 16.1. The molecule has 0 spiro atoms. The first kappa shape index (κ1) is 16.9. The van der Waals surface area contributed by atoms with Crippen LogP contribution in [-0.2, 0) is 6.42 Å². The van der Waals surface area contributed by atoms with Crippen LogP contribution in [0.2, 0.25) is 0 Å². The molecule has 21 heavy (non-hydrogen) atoms. The number of aryl methyl sites for hydroxylation is 1. The molecule has 0 amide bonds. The van der Waals surface area contributed by atoms with Crippen molar-refractivity contribution in [2.24, 2.45) is 0 Å². The zero-order valence-electron chi connectivity index (χ0n) is 12.4. The van der Waals surface area contributed by atoms with Gasteiger partial charge in [0.2, 0.25) is 0 Å². The molecule has 0 fully saturated rings. The molecule has 0 saturated carbocycles. The highest BCUT2D eigenvalue weighted by atomic mass is 127. The summed E-state index contributed by atoms with van der Waals surface area (Å²) in [5.41, 5.74) is 3.96. The molecule has 0 aliphatic carbocycles. The maximum atomic E-state index is 4.27. The van der Waals surface area contributed by atoms with Crippen LogP contribution in [0.25, 0.3) is 0 Å². The van der Waals surface area contributed by atoms with E-state index in [-0.39, 0.29) is 0 Å². The highest BCUT2D eigenvalue weighted by molar-refractivity contribution is 14.1. The van der Waals surface area contributed by atoms with Gasteiger partial charge in [0.05, 0.1) is 0 Å². The summed E-state index contributed by atoms with van der Waals surface area (Å²) >= 11 is 5.96. The minimum atomic E-state index is 0.327. The lowest BCUT2D eigenvalue weighted by atomic mass is 9.98.